The van der Waals surface area contributed by atoms with Gasteiger partial charge in [-0.05, 0) is 56.8 Å². The lowest BCUT2D eigenvalue weighted by Gasteiger charge is -2.32. The molecule has 0 amide bonds. The van der Waals surface area contributed by atoms with Crippen LogP contribution < -0.4 is 4.90 Å². The topological polar surface area (TPSA) is 75.6 Å². The first-order chi connectivity index (χ1) is 14.0. The van der Waals surface area contributed by atoms with Gasteiger partial charge in [0.15, 0.2) is 0 Å². The van der Waals surface area contributed by atoms with Gasteiger partial charge < -0.3 is 9.64 Å². The fourth-order valence-electron chi connectivity index (χ4n) is 4.83. The summed E-state index contributed by atoms with van der Waals surface area (Å²) in [4.78, 5) is 10.9. The van der Waals surface area contributed by atoms with Gasteiger partial charge in [0.05, 0.1) is 29.3 Å². The summed E-state index contributed by atoms with van der Waals surface area (Å²) < 4.78 is 31.5. The van der Waals surface area contributed by atoms with Crippen molar-refractivity contribution in [2.45, 2.75) is 45.1 Å². The van der Waals surface area contributed by atoms with Gasteiger partial charge >= 0.3 is 0 Å². The van der Waals surface area contributed by atoms with Crippen LogP contribution in [0.1, 0.15) is 39.0 Å². The summed E-state index contributed by atoms with van der Waals surface area (Å²) in [5, 5.41) is 0.573. The quantitative estimate of drug-likeness (QED) is 0.616. The van der Waals surface area contributed by atoms with Crippen molar-refractivity contribution < 1.29 is 13.2 Å². The van der Waals surface area contributed by atoms with Crippen LogP contribution >= 0.6 is 11.6 Å². The van der Waals surface area contributed by atoms with Crippen LogP contribution in [-0.2, 0) is 14.8 Å². The third kappa shape index (κ3) is 5.21. The minimum absolute atomic E-state index is 0.0659. The van der Waals surface area contributed by atoms with Crippen LogP contribution in [0.25, 0.3) is 0 Å². The molecule has 7 nitrogen and oxygen atoms in total. The molecule has 0 aromatic carbocycles. The van der Waals surface area contributed by atoms with Crippen molar-refractivity contribution in [3.8, 4) is 0 Å². The highest BCUT2D eigenvalue weighted by atomic mass is 35.5. The van der Waals surface area contributed by atoms with Crippen molar-refractivity contribution in [3.63, 3.8) is 0 Å². The third-order valence-electron chi connectivity index (χ3n) is 6.72. The maximum absolute atomic E-state index is 11.9. The molecule has 1 aromatic rings. The molecule has 1 unspecified atom stereocenters. The number of aromatic nitrogens is 2. The number of halogens is 1. The Labute approximate surface area is 178 Å². The predicted molar refractivity (Wildman–Crippen MR) is 114 cm³/mol. The van der Waals surface area contributed by atoms with E-state index in [0.29, 0.717) is 18.1 Å². The normalized spacial score (nSPS) is 28.8. The van der Waals surface area contributed by atoms with Gasteiger partial charge in [0.1, 0.15) is 0 Å². The molecule has 2 aliphatic heterocycles. The van der Waals surface area contributed by atoms with E-state index in [4.69, 9.17) is 16.3 Å². The van der Waals surface area contributed by atoms with Gasteiger partial charge in [-0.2, -0.15) is 4.31 Å². The predicted octanol–water partition coefficient (Wildman–Crippen LogP) is 2.81. The van der Waals surface area contributed by atoms with Crippen LogP contribution in [0, 0.1) is 17.8 Å². The zero-order valence-corrected chi connectivity index (χ0v) is 18.6. The first kappa shape index (κ1) is 21.3. The first-order valence-electron chi connectivity index (χ1n) is 10.8. The molecule has 1 aliphatic carbocycles. The van der Waals surface area contributed by atoms with Gasteiger partial charge in [-0.15, -0.1) is 0 Å². The molecule has 0 spiro atoms. The average Bonchev–Trinajstić information content (AvgIpc) is 3.34. The number of piperidine rings is 1. The molecule has 0 radical (unpaired) electrons. The minimum atomic E-state index is -3.08. The third-order valence-corrected chi connectivity index (χ3v) is 8.76. The molecular weight excluding hydrogens is 412 g/mol. The van der Waals surface area contributed by atoms with Crippen LogP contribution in [-0.4, -0.2) is 67.3 Å². The molecule has 3 aliphatic rings. The Bertz CT molecular complexity index is 783. The highest BCUT2D eigenvalue weighted by molar-refractivity contribution is 7.89. The maximum atomic E-state index is 11.9. The Morgan fingerprint density at radius 3 is 2.59 bits per heavy atom. The molecule has 1 aromatic heterocycles. The number of rotatable bonds is 8. The van der Waals surface area contributed by atoms with Gasteiger partial charge in [-0.3, -0.25) is 0 Å². The van der Waals surface area contributed by atoms with E-state index in [1.807, 2.05) is 0 Å². The van der Waals surface area contributed by atoms with E-state index in [0.717, 1.165) is 56.2 Å². The Hall–Kier alpha value is -0.960. The summed E-state index contributed by atoms with van der Waals surface area (Å²) in [6, 6.07) is 0. The number of hydrogen-bond acceptors (Lipinski definition) is 6. The number of sulfonamides is 1. The summed E-state index contributed by atoms with van der Waals surface area (Å²) in [5.41, 5.74) is 0. The molecule has 0 N–H and O–H groups in total. The summed E-state index contributed by atoms with van der Waals surface area (Å²) in [6.07, 6.45) is 9.01. The maximum Gasteiger partial charge on any atom is 0.225 e. The van der Waals surface area contributed by atoms with Crippen LogP contribution in [0.3, 0.4) is 0 Å². The summed E-state index contributed by atoms with van der Waals surface area (Å²) in [7, 11) is -3.08. The lowest BCUT2D eigenvalue weighted by atomic mass is 9.90. The zero-order chi connectivity index (χ0) is 20.4. The largest absolute Gasteiger partial charge is 0.377 e. The van der Waals surface area contributed by atoms with Crippen molar-refractivity contribution in [3.05, 3.63) is 17.4 Å². The van der Waals surface area contributed by atoms with Gasteiger partial charge in [0.2, 0.25) is 16.0 Å². The molecule has 1 saturated carbocycles. The summed E-state index contributed by atoms with van der Waals surface area (Å²) in [5.74, 6) is 3.35. The molecule has 0 bridgehead atoms. The number of ether oxygens (including phenoxy) is 1. The summed E-state index contributed by atoms with van der Waals surface area (Å²) >= 11 is 5.87. The Morgan fingerprint density at radius 2 is 1.90 bits per heavy atom. The Kier molecular flexibility index (Phi) is 6.63. The standard InChI is InChI=1S/C20H31ClN4O3S/c1-2-29(26,27)25-9-5-18(14-25)28-10-6-16-11-19(16)15-3-7-24(8-4-15)20-22-12-17(21)13-23-20/h12-13,15-16,18-19H,2-11,14H2,1H3/t16-,18?,19-/m1/s1. The van der Waals surface area contributed by atoms with Crippen molar-refractivity contribution in [2.24, 2.45) is 17.8 Å². The molecule has 4 rings (SSSR count). The fourth-order valence-corrected chi connectivity index (χ4v) is 6.07. The van der Waals surface area contributed by atoms with Gasteiger partial charge in [0.25, 0.3) is 0 Å². The van der Waals surface area contributed by atoms with E-state index >= 15 is 0 Å². The van der Waals surface area contributed by atoms with Crippen molar-refractivity contribution in [1.29, 1.82) is 0 Å². The lowest BCUT2D eigenvalue weighted by molar-refractivity contribution is 0.0582. The second-order valence-electron chi connectivity index (χ2n) is 8.51. The monoisotopic (exact) mass is 442 g/mol. The van der Waals surface area contributed by atoms with Crippen LogP contribution in [0.4, 0.5) is 5.95 Å². The van der Waals surface area contributed by atoms with E-state index in [1.54, 1.807) is 23.6 Å². The van der Waals surface area contributed by atoms with Gasteiger partial charge in [-0.25, -0.2) is 18.4 Å². The molecule has 2 saturated heterocycles. The van der Waals surface area contributed by atoms with E-state index in [1.165, 1.54) is 19.3 Å². The zero-order valence-electron chi connectivity index (χ0n) is 17.0. The smallest absolute Gasteiger partial charge is 0.225 e. The van der Waals surface area contributed by atoms with Gasteiger partial charge in [-0.1, -0.05) is 11.6 Å². The molecule has 9 heteroatoms. The molecule has 3 fully saturated rings. The first-order valence-corrected chi connectivity index (χ1v) is 12.8. The van der Waals surface area contributed by atoms with Crippen molar-refractivity contribution >= 4 is 27.6 Å². The molecular formula is C20H31ClN4O3S. The van der Waals surface area contributed by atoms with Crippen molar-refractivity contribution in [2.75, 3.05) is 43.4 Å². The molecule has 162 valence electrons. The van der Waals surface area contributed by atoms with E-state index < -0.39 is 10.0 Å². The number of hydrogen-bond donors (Lipinski definition) is 0. The van der Waals surface area contributed by atoms with Gasteiger partial charge in [0, 0.05) is 32.8 Å². The molecule has 29 heavy (non-hydrogen) atoms. The van der Waals surface area contributed by atoms with Crippen LogP contribution in [0.2, 0.25) is 5.02 Å². The van der Waals surface area contributed by atoms with E-state index in [9.17, 15) is 8.42 Å². The van der Waals surface area contributed by atoms with E-state index in [2.05, 4.69) is 14.9 Å². The molecule has 3 atom stereocenters. The Morgan fingerprint density at radius 1 is 1.17 bits per heavy atom. The van der Waals surface area contributed by atoms with Crippen LogP contribution in [0.15, 0.2) is 12.4 Å². The van der Waals surface area contributed by atoms with Crippen LogP contribution in [0.5, 0.6) is 0 Å². The van der Waals surface area contributed by atoms with Crippen molar-refractivity contribution in [1.82, 2.24) is 14.3 Å². The summed E-state index contributed by atoms with van der Waals surface area (Å²) in [6.45, 7) is 5.59. The highest BCUT2D eigenvalue weighted by Gasteiger charge is 2.43. The lowest BCUT2D eigenvalue weighted by Crippen LogP contribution is -2.35. The molecule has 3 heterocycles. The number of nitrogens with zero attached hydrogens (tertiary/aromatic N) is 4. The fraction of sp³-hybridized carbons (Fsp3) is 0.800. The SMILES string of the molecule is CCS(=O)(=O)N1CCC(OCC[C@@H]2C[C@@H]2C2CCN(c3ncc(Cl)cn3)CC2)C1. The number of anilines is 1. The van der Waals surface area contributed by atoms with E-state index in [-0.39, 0.29) is 11.9 Å². The average molecular weight is 443 g/mol. The second kappa shape index (κ2) is 9.04. The highest BCUT2D eigenvalue weighted by Crippen LogP contribution is 2.49. The second-order valence-corrected chi connectivity index (χ2v) is 11.2. The minimum Gasteiger partial charge on any atom is -0.377 e. The Balaban J connectivity index is 1.13.